The molecular formula is C28H24F2N6O3. The second kappa shape index (κ2) is 10.0. The number of rotatable bonds is 5. The molecule has 1 unspecified atom stereocenters. The van der Waals surface area contributed by atoms with Gasteiger partial charge >= 0.3 is 0 Å². The summed E-state index contributed by atoms with van der Waals surface area (Å²) in [5.41, 5.74) is 8.82. The number of nitrogens with one attached hydrogen (secondary N) is 2. The standard InChI is InChI=1S/C28H24F2N6O3/c29-15-4-7-21(32-13-15)28(38)35-20-3-1-2-17(24(20)30)19-14-33-26(27(31)37)25-23(19)18-6-5-16(12-22(18)34-25)36-8-10-39-11-9-36/h1-7,12-14,27,34,37H,8-11,31H2,(H,35,38). The lowest BCUT2D eigenvalue weighted by atomic mass is 9.99. The van der Waals surface area contributed by atoms with E-state index in [-0.39, 0.29) is 22.6 Å². The quantitative estimate of drug-likeness (QED) is 0.252. The van der Waals surface area contributed by atoms with Crippen LogP contribution in [0.15, 0.2) is 60.9 Å². The highest BCUT2D eigenvalue weighted by Gasteiger charge is 2.22. The first-order valence-corrected chi connectivity index (χ1v) is 12.3. The van der Waals surface area contributed by atoms with Gasteiger partial charge in [-0.2, -0.15) is 0 Å². The minimum absolute atomic E-state index is 0.0563. The first kappa shape index (κ1) is 24.9. The van der Waals surface area contributed by atoms with Crippen LogP contribution in [0.2, 0.25) is 0 Å². The molecule has 0 spiro atoms. The molecule has 1 amide bonds. The first-order chi connectivity index (χ1) is 18.9. The number of nitrogens with two attached hydrogens (primary N) is 1. The number of halogens is 2. The zero-order valence-corrected chi connectivity index (χ0v) is 20.6. The number of anilines is 2. The van der Waals surface area contributed by atoms with Crippen LogP contribution in [0.25, 0.3) is 32.9 Å². The minimum Gasteiger partial charge on any atom is -0.378 e. The topological polar surface area (TPSA) is 129 Å². The van der Waals surface area contributed by atoms with Crippen LogP contribution >= 0.6 is 0 Å². The van der Waals surface area contributed by atoms with Gasteiger partial charge in [0.15, 0.2) is 5.82 Å². The smallest absolute Gasteiger partial charge is 0.274 e. The van der Waals surface area contributed by atoms with E-state index in [9.17, 15) is 14.3 Å². The summed E-state index contributed by atoms with van der Waals surface area (Å²) in [4.78, 5) is 26.2. The molecule has 6 rings (SSSR count). The van der Waals surface area contributed by atoms with Gasteiger partial charge in [0.05, 0.1) is 30.6 Å². The normalized spacial score (nSPS) is 14.6. The number of aromatic nitrogens is 3. The molecule has 198 valence electrons. The molecule has 5 aromatic rings. The maximum absolute atomic E-state index is 15.9. The molecule has 39 heavy (non-hydrogen) atoms. The number of H-pyrrole nitrogens is 1. The van der Waals surface area contributed by atoms with Crippen molar-refractivity contribution in [1.82, 2.24) is 15.0 Å². The average molecular weight is 531 g/mol. The Balaban J connectivity index is 1.46. The molecule has 3 aromatic heterocycles. The van der Waals surface area contributed by atoms with Crippen molar-refractivity contribution >= 4 is 39.1 Å². The van der Waals surface area contributed by atoms with Crippen LogP contribution in [-0.2, 0) is 4.74 Å². The second-order valence-corrected chi connectivity index (χ2v) is 9.19. The molecule has 0 bridgehead atoms. The van der Waals surface area contributed by atoms with Gasteiger partial charge in [-0.1, -0.05) is 18.2 Å². The van der Waals surface area contributed by atoms with Crippen molar-refractivity contribution < 1.29 is 23.4 Å². The van der Waals surface area contributed by atoms with Crippen LogP contribution in [0.1, 0.15) is 22.4 Å². The summed E-state index contributed by atoms with van der Waals surface area (Å²) >= 11 is 0. The molecule has 0 aliphatic carbocycles. The van der Waals surface area contributed by atoms with E-state index in [2.05, 4.69) is 25.2 Å². The summed E-state index contributed by atoms with van der Waals surface area (Å²) in [6, 6.07) is 12.9. The summed E-state index contributed by atoms with van der Waals surface area (Å²) in [6.07, 6.45) is 1.02. The van der Waals surface area contributed by atoms with Crippen molar-refractivity contribution in [3.63, 3.8) is 0 Å². The molecule has 1 saturated heterocycles. The van der Waals surface area contributed by atoms with E-state index in [0.29, 0.717) is 29.7 Å². The summed E-state index contributed by atoms with van der Waals surface area (Å²) in [5.74, 6) is -1.95. The van der Waals surface area contributed by atoms with E-state index < -0.39 is 23.8 Å². The third-order valence-corrected chi connectivity index (χ3v) is 6.79. The number of benzene rings is 2. The van der Waals surface area contributed by atoms with Crippen LogP contribution in [-0.4, -0.2) is 52.3 Å². The van der Waals surface area contributed by atoms with Gasteiger partial charge in [-0.05, 0) is 30.3 Å². The molecule has 1 aliphatic heterocycles. The SMILES string of the molecule is NC(O)c1ncc(-c2cccc(NC(=O)c3ccc(F)cn3)c2F)c2c1[nH]c1cc(N3CCOCC3)ccc12. The number of hydrogen-bond acceptors (Lipinski definition) is 7. The molecule has 1 fully saturated rings. The van der Waals surface area contributed by atoms with Crippen molar-refractivity contribution in [3.8, 4) is 11.1 Å². The van der Waals surface area contributed by atoms with Gasteiger partial charge in [-0.3, -0.25) is 9.78 Å². The number of hydrogen-bond donors (Lipinski definition) is 4. The number of amides is 1. The van der Waals surface area contributed by atoms with E-state index in [1.54, 1.807) is 12.1 Å². The fraction of sp³-hybridized carbons (Fsp3) is 0.179. The number of morpholine rings is 1. The second-order valence-electron chi connectivity index (χ2n) is 9.19. The Kier molecular flexibility index (Phi) is 6.39. The largest absolute Gasteiger partial charge is 0.378 e. The number of carbonyl (C=O) groups is 1. The van der Waals surface area contributed by atoms with Gasteiger partial charge in [0.25, 0.3) is 5.91 Å². The molecule has 9 nitrogen and oxygen atoms in total. The molecule has 0 radical (unpaired) electrons. The molecule has 1 aliphatic rings. The Labute approximate surface area is 221 Å². The van der Waals surface area contributed by atoms with Crippen LogP contribution < -0.4 is 16.0 Å². The van der Waals surface area contributed by atoms with E-state index in [4.69, 9.17) is 10.5 Å². The van der Waals surface area contributed by atoms with Crippen molar-refractivity contribution in [3.05, 3.63) is 83.9 Å². The summed E-state index contributed by atoms with van der Waals surface area (Å²) in [7, 11) is 0. The van der Waals surface area contributed by atoms with Crippen molar-refractivity contribution in [1.29, 1.82) is 0 Å². The number of ether oxygens (including phenoxy) is 1. The Bertz CT molecular complexity index is 1700. The van der Waals surface area contributed by atoms with Gasteiger partial charge in [-0.15, -0.1) is 0 Å². The molecule has 0 saturated carbocycles. The fourth-order valence-electron chi connectivity index (χ4n) is 4.90. The fourth-order valence-corrected chi connectivity index (χ4v) is 4.90. The zero-order chi connectivity index (χ0) is 27.1. The highest BCUT2D eigenvalue weighted by molar-refractivity contribution is 6.15. The lowest BCUT2D eigenvalue weighted by molar-refractivity contribution is 0.102. The van der Waals surface area contributed by atoms with Gasteiger partial charge in [0, 0.05) is 52.4 Å². The van der Waals surface area contributed by atoms with E-state index in [1.165, 1.54) is 18.3 Å². The third kappa shape index (κ3) is 4.56. The summed E-state index contributed by atoms with van der Waals surface area (Å²) in [6.45, 7) is 2.82. The Morgan fingerprint density at radius 2 is 1.90 bits per heavy atom. The highest BCUT2D eigenvalue weighted by atomic mass is 19.1. The van der Waals surface area contributed by atoms with Crippen LogP contribution in [0.5, 0.6) is 0 Å². The molecular weight excluding hydrogens is 506 g/mol. The lowest BCUT2D eigenvalue weighted by Crippen LogP contribution is -2.36. The van der Waals surface area contributed by atoms with E-state index in [1.807, 2.05) is 18.2 Å². The maximum atomic E-state index is 15.9. The third-order valence-electron chi connectivity index (χ3n) is 6.79. The summed E-state index contributed by atoms with van der Waals surface area (Å²) < 4.78 is 34.5. The molecule has 2 aromatic carbocycles. The lowest BCUT2D eigenvalue weighted by Gasteiger charge is -2.28. The maximum Gasteiger partial charge on any atom is 0.274 e. The van der Waals surface area contributed by atoms with Crippen molar-refractivity contribution in [2.24, 2.45) is 5.73 Å². The zero-order valence-electron chi connectivity index (χ0n) is 20.6. The molecule has 1 atom stereocenters. The molecule has 4 heterocycles. The Morgan fingerprint density at radius 3 is 2.64 bits per heavy atom. The van der Waals surface area contributed by atoms with Gasteiger partial charge in [0.2, 0.25) is 0 Å². The first-order valence-electron chi connectivity index (χ1n) is 12.3. The van der Waals surface area contributed by atoms with Gasteiger partial charge < -0.3 is 30.8 Å². The minimum atomic E-state index is -1.35. The predicted octanol–water partition coefficient (Wildman–Crippen LogP) is 4.09. The number of carbonyl (C=O) groups excluding carboxylic acids is 1. The number of pyridine rings is 2. The predicted molar refractivity (Wildman–Crippen MR) is 143 cm³/mol. The summed E-state index contributed by atoms with van der Waals surface area (Å²) in [5, 5.41) is 14.1. The van der Waals surface area contributed by atoms with E-state index in [0.717, 1.165) is 41.9 Å². The van der Waals surface area contributed by atoms with Crippen LogP contribution in [0, 0.1) is 11.6 Å². The number of aliphatic hydroxyl groups excluding tert-OH is 1. The molecule has 5 N–H and O–H groups in total. The highest BCUT2D eigenvalue weighted by Crippen LogP contribution is 2.39. The van der Waals surface area contributed by atoms with Crippen molar-refractivity contribution in [2.75, 3.05) is 36.5 Å². The Hall–Kier alpha value is -4.45. The number of aromatic amines is 1. The van der Waals surface area contributed by atoms with Gasteiger partial charge in [0.1, 0.15) is 23.4 Å². The Morgan fingerprint density at radius 1 is 1.08 bits per heavy atom. The van der Waals surface area contributed by atoms with E-state index >= 15 is 4.39 Å². The monoisotopic (exact) mass is 530 g/mol. The van der Waals surface area contributed by atoms with Crippen LogP contribution in [0.4, 0.5) is 20.2 Å². The number of nitrogens with zero attached hydrogens (tertiary/aromatic N) is 3. The van der Waals surface area contributed by atoms with Gasteiger partial charge in [-0.25, -0.2) is 13.8 Å². The number of fused-ring (bicyclic) bond motifs is 3. The number of aliphatic hydroxyl groups is 1. The van der Waals surface area contributed by atoms with Crippen LogP contribution in [0.3, 0.4) is 0 Å². The average Bonchev–Trinajstić information content (AvgIpc) is 3.33. The molecule has 11 heteroatoms. The van der Waals surface area contributed by atoms with Crippen molar-refractivity contribution in [2.45, 2.75) is 6.23 Å².